The summed E-state index contributed by atoms with van der Waals surface area (Å²) in [7, 11) is 0. The molecular formula is C29H30N4O. The summed E-state index contributed by atoms with van der Waals surface area (Å²) in [5.41, 5.74) is 7.15. The minimum absolute atomic E-state index is 0.0542. The summed E-state index contributed by atoms with van der Waals surface area (Å²) in [4.78, 5) is 19.3. The Balaban J connectivity index is 1.11. The first-order valence-electron chi connectivity index (χ1n) is 11.9. The summed E-state index contributed by atoms with van der Waals surface area (Å²) in [5, 5.41) is 3.04. The molecule has 34 heavy (non-hydrogen) atoms. The van der Waals surface area contributed by atoms with Crippen LogP contribution < -0.4 is 5.32 Å². The van der Waals surface area contributed by atoms with Gasteiger partial charge in [0.05, 0.1) is 0 Å². The molecule has 0 aliphatic carbocycles. The summed E-state index contributed by atoms with van der Waals surface area (Å²) < 4.78 is 2.09. The second kappa shape index (κ2) is 10.1. The number of hydrogen-bond acceptors (Lipinski definition) is 3. The molecule has 0 radical (unpaired) electrons. The van der Waals surface area contributed by atoms with E-state index in [1.165, 1.54) is 16.7 Å². The fraction of sp³-hybridized carbons (Fsp3) is 0.241. The Bertz CT molecular complexity index is 1260. The van der Waals surface area contributed by atoms with E-state index in [1.807, 2.05) is 37.4 Å². The highest BCUT2D eigenvalue weighted by Gasteiger charge is 2.15. The third-order valence-electron chi connectivity index (χ3n) is 6.58. The summed E-state index contributed by atoms with van der Waals surface area (Å²) >= 11 is 0. The van der Waals surface area contributed by atoms with Gasteiger partial charge >= 0.3 is 0 Å². The second-order valence-corrected chi connectivity index (χ2v) is 9.03. The first kappa shape index (κ1) is 22.1. The Morgan fingerprint density at radius 3 is 2.29 bits per heavy atom. The van der Waals surface area contributed by atoms with Gasteiger partial charge in [0.15, 0.2) is 0 Å². The van der Waals surface area contributed by atoms with Crippen LogP contribution in [0, 0.1) is 6.92 Å². The van der Waals surface area contributed by atoms with Gasteiger partial charge in [0, 0.05) is 50.7 Å². The number of nitrogens with one attached hydrogen (secondary N) is 1. The zero-order chi connectivity index (χ0) is 23.3. The normalized spacial score (nSPS) is 13.4. The van der Waals surface area contributed by atoms with Crippen LogP contribution in [0.2, 0.25) is 0 Å². The standard InChI is InChI=1S/C29H30N4O/c1-22-30-15-17-33(22)20-25-10-12-27(13-11-25)29(34)31-18-23-6-8-24(9-7-23)19-32-16-14-26-4-2-3-5-28(26)21-32/h2-13,15,17H,14,16,18-21H2,1H3,(H,31,34). The predicted molar refractivity (Wildman–Crippen MR) is 134 cm³/mol. The van der Waals surface area contributed by atoms with E-state index >= 15 is 0 Å². The molecule has 4 aromatic rings. The predicted octanol–water partition coefficient (Wildman–Crippen LogP) is 4.73. The Kier molecular flexibility index (Phi) is 6.54. The van der Waals surface area contributed by atoms with Crippen LogP contribution in [0.5, 0.6) is 0 Å². The molecule has 0 bridgehead atoms. The maximum atomic E-state index is 12.6. The molecule has 172 valence electrons. The lowest BCUT2D eigenvalue weighted by Gasteiger charge is -2.28. The number of rotatable bonds is 7. The molecule has 0 saturated heterocycles. The Morgan fingerprint density at radius 1 is 0.882 bits per heavy atom. The Hall–Kier alpha value is -3.70. The van der Waals surface area contributed by atoms with Crippen molar-refractivity contribution in [2.75, 3.05) is 6.54 Å². The summed E-state index contributed by atoms with van der Waals surface area (Å²) in [5.74, 6) is 0.926. The highest BCUT2D eigenvalue weighted by Crippen LogP contribution is 2.20. The van der Waals surface area contributed by atoms with Gasteiger partial charge in [-0.25, -0.2) is 4.98 Å². The first-order valence-corrected chi connectivity index (χ1v) is 11.9. The molecule has 0 spiro atoms. The van der Waals surface area contributed by atoms with Crippen molar-refractivity contribution in [1.29, 1.82) is 0 Å². The van der Waals surface area contributed by atoms with Gasteiger partial charge in [-0.3, -0.25) is 9.69 Å². The molecule has 1 aliphatic rings. The number of amides is 1. The number of benzene rings is 3. The molecule has 0 fully saturated rings. The van der Waals surface area contributed by atoms with Gasteiger partial charge < -0.3 is 9.88 Å². The third-order valence-corrected chi connectivity index (χ3v) is 6.58. The number of aromatic nitrogens is 2. The van der Waals surface area contributed by atoms with Crippen LogP contribution in [0.3, 0.4) is 0 Å². The number of hydrogen-bond donors (Lipinski definition) is 1. The van der Waals surface area contributed by atoms with Crippen molar-refractivity contribution in [1.82, 2.24) is 19.8 Å². The maximum absolute atomic E-state index is 12.6. The van der Waals surface area contributed by atoms with E-state index in [9.17, 15) is 4.79 Å². The molecule has 1 aliphatic heterocycles. The molecule has 2 heterocycles. The zero-order valence-corrected chi connectivity index (χ0v) is 19.6. The van der Waals surface area contributed by atoms with Gasteiger partial charge in [-0.05, 0) is 53.3 Å². The highest BCUT2D eigenvalue weighted by molar-refractivity contribution is 5.94. The van der Waals surface area contributed by atoms with Crippen molar-refractivity contribution in [3.8, 4) is 0 Å². The molecule has 0 unspecified atom stereocenters. The average Bonchev–Trinajstić information content (AvgIpc) is 3.28. The summed E-state index contributed by atoms with van der Waals surface area (Å²) in [6, 6.07) is 25.1. The lowest BCUT2D eigenvalue weighted by atomic mass is 9.99. The molecule has 1 N–H and O–H groups in total. The maximum Gasteiger partial charge on any atom is 0.251 e. The van der Waals surface area contributed by atoms with Gasteiger partial charge in [-0.1, -0.05) is 60.7 Å². The number of imidazole rings is 1. The Morgan fingerprint density at radius 2 is 1.56 bits per heavy atom. The number of nitrogens with zero attached hydrogens (tertiary/aromatic N) is 3. The van der Waals surface area contributed by atoms with E-state index in [4.69, 9.17) is 0 Å². The molecule has 5 nitrogen and oxygen atoms in total. The van der Waals surface area contributed by atoms with Gasteiger partial charge in [0.25, 0.3) is 5.91 Å². The molecule has 3 aromatic carbocycles. The molecule has 5 rings (SSSR count). The molecule has 1 amide bonds. The van der Waals surface area contributed by atoms with Crippen molar-refractivity contribution < 1.29 is 4.79 Å². The number of aryl methyl sites for hydroxylation is 1. The van der Waals surface area contributed by atoms with E-state index < -0.39 is 0 Å². The number of fused-ring (bicyclic) bond motifs is 1. The van der Waals surface area contributed by atoms with Crippen molar-refractivity contribution in [3.05, 3.63) is 124 Å². The highest BCUT2D eigenvalue weighted by atomic mass is 16.1. The molecule has 5 heteroatoms. The van der Waals surface area contributed by atoms with Crippen molar-refractivity contribution in [2.45, 2.75) is 39.5 Å². The lowest BCUT2D eigenvalue weighted by molar-refractivity contribution is 0.0951. The Labute approximate surface area is 201 Å². The average molecular weight is 451 g/mol. The van der Waals surface area contributed by atoms with E-state index in [0.29, 0.717) is 12.1 Å². The van der Waals surface area contributed by atoms with Crippen LogP contribution in [0.1, 0.15) is 44.0 Å². The van der Waals surface area contributed by atoms with Gasteiger partial charge in [0.1, 0.15) is 5.82 Å². The van der Waals surface area contributed by atoms with Crippen LogP contribution in [0.25, 0.3) is 0 Å². The minimum atomic E-state index is -0.0542. The molecule has 0 saturated carbocycles. The van der Waals surface area contributed by atoms with E-state index in [0.717, 1.165) is 49.6 Å². The largest absolute Gasteiger partial charge is 0.348 e. The minimum Gasteiger partial charge on any atom is -0.348 e. The van der Waals surface area contributed by atoms with E-state index in [2.05, 4.69) is 68.3 Å². The smallest absolute Gasteiger partial charge is 0.251 e. The van der Waals surface area contributed by atoms with Crippen LogP contribution in [0.4, 0.5) is 0 Å². The summed E-state index contributed by atoms with van der Waals surface area (Å²) in [6.45, 7) is 6.31. The quantitative estimate of drug-likeness (QED) is 0.443. The lowest BCUT2D eigenvalue weighted by Crippen LogP contribution is -2.30. The van der Waals surface area contributed by atoms with Crippen LogP contribution >= 0.6 is 0 Å². The number of carbonyl (C=O) groups excluding carboxylic acids is 1. The fourth-order valence-corrected chi connectivity index (χ4v) is 4.52. The molecular weight excluding hydrogens is 420 g/mol. The van der Waals surface area contributed by atoms with Crippen molar-refractivity contribution in [2.24, 2.45) is 0 Å². The first-order chi connectivity index (χ1) is 16.6. The van der Waals surface area contributed by atoms with Gasteiger partial charge in [-0.2, -0.15) is 0 Å². The topological polar surface area (TPSA) is 50.2 Å². The van der Waals surface area contributed by atoms with Crippen LogP contribution in [-0.2, 0) is 32.6 Å². The van der Waals surface area contributed by atoms with Crippen molar-refractivity contribution >= 4 is 5.91 Å². The molecule has 1 aromatic heterocycles. The fourth-order valence-electron chi connectivity index (χ4n) is 4.52. The third kappa shape index (κ3) is 5.26. The van der Waals surface area contributed by atoms with E-state index in [1.54, 1.807) is 6.20 Å². The van der Waals surface area contributed by atoms with Crippen molar-refractivity contribution in [3.63, 3.8) is 0 Å². The zero-order valence-electron chi connectivity index (χ0n) is 19.6. The number of carbonyl (C=O) groups is 1. The van der Waals surface area contributed by atoms with Crippen LogP contribution in [-0.4, -0.2) is 26.9 Å². The monoisotopic (exact) mass is 450 g/mol. The SMILES string of the molecule is Cc1nccn1Cc1ccc(C(=O)NCc2ccc(CN3CCc4ccccc4C3)cc2)cc1. The summed E-state index contributed by atoms with van der Waals surface area (Å²) in [6.07, 6.45) is 4.88. The van der Waals surface area contributed by atoms with Gasteiger partial charge in [0.2, 0.25) is 0 Å². The van der Waals surface area contributed by atoms with Crippen LogP contribution in [0.15, 0.2) is 85.2 Å². The second-order valence-electron chi connectivity index (χ2n) is 9.03. The van der Waals surface area contributed by atoms with E-state index in [-0.39, 0.29) is 5.91 Å². The van der Waals surface area contributed by atoms with Gasteiger partial charge in [-0.15, -0.1) is 0 Å². The molecule has 0 atom stereocenters.